The van der Waals surface area contributed by atoms with Crippen LogP contribution in [0.15, 0.2) is 47.6 Å². The Kier molecular flexibility index (Phi) is 7.47. The fourth-order valence-electron chi connectivity index (χ4n) is 4.43. The number of amides is 1. The summed E-state index contributed by atoms with van der Waals surface area (Å²) >= 11 is 0. The van der Waals surface area contributed by atoms with Crippen molar-refractivity contribution in [2.45, 2.75) is 32.3 Å². The molecule has 180 valence electrons. The number of nitrogens with zero attached hydrogens (tertiary/aromatic N) is 3. The Bertz CT molecular complexity index is 1050. The summed E-state index contributed by atoms with van der Waals surface area (Å²) in [6.07, 6.45) is 3.11. The molecule has 2 aliphatic rings. The second-order valence-electron chi connectivity index (χ2n) is 9.03. The first-order valence-electron chi connectivity index (χ1n) is 11.8. The first-order chi connectivity index (χ1) is 16.4. The number of hydrogen-bond donors (Lipinski definition) is 2. The number of hydrogen-bond acceptors (Lipinski definition) is 6. The Morgan fingerprint density at radius 1 is 1.15 bits per heavy atom. The van der Waals surface area contributed by atoms with Crippen molar-refractivity contribution in [2.24, 2.45) is 11.0 Å². The van der Waals surface area contributed by atoms with Gasteiger partial charge < -0.3 is 20.1 Å². The quantitative estimate of drug-likeness (QED) is 0.611. The van der Waals surface area contributed by atoms with Crippen LogP contribution in [0.1, 0.15) is 41.3 Å². The van der Waals surface area contributed by atoms with Gasteiger partial charge in [0.15, 0.2) is 0 Å². The molecule has 1 fully saturated rings. The second kappa shape index (κ2) is 10.7. The predicted molar refractivity (Wildman–Crippen MR) is 132 cm³/mol. The largest absolute Gasteiger partial charge is 0.490 e. The molecular weight excluding hydrogens is 432 g/mol. The molecule has 2 aromatic carbocycles. The van der Waals surface area contributed by atoms with Crippen molar-refractivity contribution in [1.82, 2.24) is 9.91 Å². The molecule has 8 nitrogen and oxygen atoms in total. The number of hydrazone groups is 1. The van der Waals surface area contributed by atoms with Crippen LogP contribution in [0.3, 0.4) is 0 Å². The molecule has 0 saturated carbocycles. The van der Waals surface area contributed by atoms with Gasteiger partial charge in [-0.1, -0.05) is 19.1 Å². The molecule has 2 unspecified atom stereocenters. The maximum Gasteiger partial charge on any atom is 0.303 e. The van der Waals surface area contributed by atoms with E-state index in [4.69, 9.17) is 4.74 Å². The summed E-state index contributed by atoms with van der Waals surface area (Å²) in [7, 11) is 2.12. The fourth-order valence-corrected chi connectivity index (χ4v) is 4.43. The third-order valence-corrected chi connectivity index (χ3v) is 6.47. The molecule has 0 radical (unpaired) electrons. The van der Waals surface area contributed by atoms with Crippen LogP contribution in [0.5, 0.6) is 5.75 Å². The molecule has 1 amide bonds. The molecular formula is C26H32N4O4. The molecule has 0 spiro atoms. The fraction of sp³-hybridized carbons (Fsp3) is 0.423. The van der Waals surface area contributed by atoms with Gasteiger partial charge in [-0.25, -0.2) is 0 Å². The normalized spacial score (nSPS) is 20.6. The first-order valence-corrected chi connectivity index (χ1v) is 11.8. The predicted octanol–water partition coefficient (Wildman–Crippen LogP) is 3.32. The van der Waals surface area contributed by atoms with Gasteiger partial charge >= 0.3 is 5.97 Å². The van der Waals surface area contributed by atoms with Crippen molar-refractivity contribution in [1.29, 1.82) is 0 Å². The number of aliphatic carboxylic acids is 1. The molecule has 2 aromatic rings. The van der Waals surface area contributed by atoms with Crippen LogP contribution >= 0.6 is 0 Å². The Balaban J connectivity index is 1.38. The Hall–Kier alpha value is -3.39. The lowest BCUT2D eigenvalue weighted by molar-refractivity contribution is -0.139. The van der Waals surface area contributed by atoms with Gasteiger partial charge in [0.25, 0.3) is 5.91 Å². The number of carbonyl (C=O) groups is 2. The van der Waals surface area contributed by atoms with Gasteiger partial charge in [-0.05, 0) is 61.3 Å². The van der Waals surface area contributed by atoms with Crippen molar-refractivity contribution in [3.05, 3.63) is 59.2 Å². The van der Waals surface area contributed by atoms with Crippen LogP contribution in [0.2, 0.25) is 0 Å². The van der Waals surface area contributed by atoms with E-state index in [1.807, 2.05) is 49.5 Å². The number of rotatable bonds is 7. The maximum atomic E-state index is 12.8. The Morgan fingerprint density at radius 2 is 1.88 bits per heavy atom. The number of anilines is 1. The highest BCUT2D eigenvalue weighted by atomic mass is 16.5. The van der Waals surface area contributed by atoms with Gasteiger partial charge in [-0.15, -0.1) is 0 Å². The number of carbonyl (C=O) groups excluding carboxylic acids is 1. The number of ether oxygens (including phenoxy) is 1. The van der Waals surface area contributed by atoms with E-state index in [-0.39, 0.29) is 24.3 Å². The Labute approximate surface area is 200 Å². The number of carboxylic acid groups (broad SMARTS) is 1. The van der Waals surface area contributed by atoms with Crippen molar-refractivity contribution in [2.75, 3.05) is 38.5 Å². The lowest BCUT2D eigenvalue weighted by atomic mass is 9.86. The minimum Gasteiger partial charge on any atom is -0.490 e. The zero-order valence-corrected chi connectivity index (χ0v) is 19.7. The molecule has 1 saturated heterocycles. The molecule has 2 atom stereocenters. The van der Waals surface area contributed by atoms with E-state index in [9.17, 15) is 14.7 Å². The average molecular weight is 465 g/mol. The summed E-state index contributed by atoms with van der Waals surface area (Å²) in [6, 6.07) is 12.9. The van der Waals surface area contributed by atoms with Gasteiger partial charge in [0.05, 0.1) is 12.6 Å². The van der Waals surface area contributed by atoms with Gasteiger partial charge in [0.2, 0.25) is 0 Å². The zero-order chi connectivity index (χ0) is 24.1. The van der Waals surface area contributed by atoms with E-state index in [0.29, 0.717) is 17.7 Å². The summed E-state index contributed by atoms with van der Waals surface area (Å²) in [5.41, 5.74) is 3.06. The number of benzene rings is 2. The number of piperazine rings is 1. The summed E-state index contributed by atoms with van der Waals surface area (Å²) in [4.78, 5) is 26.4. The van der Waals surface area contributed by atoms with E-state index in [0.717, 1.165) is 49.5 Å². The van der Waals surface area contributed by atoms with Crippen molar-refractivity contribution in [3.8, 4) is 5.75 Å². The van der Waals surface area contributed by atoms with Gasteiger partial charge in [-0.2, -0.15) is 5.10 Å². The molecule has 0 aromatic heterocycles. The van der Waals surface area contributed by atoms with Crippen LogP contribution in [0.4, 0.5) is 5.69 Å². The van der Waals surface area contributed by atoms with Crippen molar-refractivity contribution in [3.63, 3.8) is 0 Å². The van der Waals surface area contributed by atoms with Gasteiger partial charge in [0, 0.05) is 43.3 Å². The first kappa shape index (κ1) is 23.8. The minimum atomic E-state index is -0.832. The lowest BCUT2D eigenvalue weighted by Gasteiger charge is -2.32. The SMILES string of the molecule is CCC1Oc2ccc(C(=O)Nc3ccc(C=NN4CCN(C)CC4)cc3)cc2CC1CC(=O)O. The van der Waals surface area contributed by atoms with Crippen LogP contribution in [-0.4, -0.2) is 72.4 Å². The van der Waals surface area contributed by atoms with Crippen molar-refractivity contribution >= 4 is 23.8 Å². The summed E-state index contributed by atoms with van der Waals surface area (Å²) in [5, 5.41) is 18.8. The molecule has 2 aliphatic heterocycles. The minimum absolute atomic E-state index is 0.0544. The van der Waals surface area contributed by atoms with Crippen molar-refractivity contribution < 1.29 is 19.4 Å². The smallest absolute Gasteiger partial charge is 0.303 e. The van der Waals surface area contributed by atoms with E-state index in [1.54, 1.807) is 6.07 Å². The van der Waals surface area contributed by atoms with Crippen LogP contribution < -0.4 is 10.1 Å². The Morgan fingerprint density at radius 3 is 2.56 bits per heavy atom. The van der Waals surface area contributed by atoms with Gasteiger partial charge in [-0.3, -0.25) is 14.6 Å². The highest BCUT2D eigenvalue weighted by Gasteiger charge is 2.31. The van der Waals surface area contributed by atoms with Crippen LogP contribution in [0.25, 0.3) is 0 Å². The molecule has 0 aliphatic carbocycles. The van der Waals surface area contributed by atoms with E-state index < -0.39 is 5.97 Å². The molecule has 2 heterocycles. The zero-order valence-electron chi connectivity index (χ0n) is 19.7. The molecule has 0 bridgehead atoms. The number of carboxylic acids is 1. The number of likely N-dealkylation sites (N-methyl/N-ethyl adjacent to an activating group) is 1. The third-order valence-electron chi connectivity index (χ3n) is 6.47. The number of nitrogens with one attached hydrogen (secondary N) is 1. The lowest BCUT2D eigenvalue weighted by Crippen LogP contribution is -2.41. The van der Waals surface area contributed by atoms with E-state index in [2.05, 4.69) is 27.4 Å². The molecule has 2 N–H and O–H groups in total. The molecule has 4 rings (SSSR count). The summed E-state index contributed by atoms with van der Waals surface area (Å²) in [5.74, 6) is -0.419. The van der Waals surface area contributed by atoms with Crippen LogP contribution in [-0.2, 0) is 11.2 Å². The molecule has 34 heavy (non-hydrogen) atoms. The highest BCUT2D eigenvalue weighted by molar-refractivity contribution is 6.04. The average Bonchev–Trinajstić information content (AvgIpc) is 2.83. The topological polar surface area (TPSA) is 94.5 Å². The monoisotopic (exact) mass is 464 g/mol. The summed E-state index contributed by atoms with van der Waals surface area (Å²) in [6.45, 7) is 5.86. The van der Waals surface area contributed by atoms with E-state index in [1.165, 1.54) is 0 Å². The standard InChI is InChI=1S/C26H32N4O4/c1-3-23-21(16-25(31)32)15-20-14-19(6-9-24(20)34-23)26(33)28-22-7-4-18(5-8-22)17-27-30-12-10-29(2)11-13-30/h4-9,14,17,21,23H,3,10-13,15-16H2,1-2H3,(H,28,33)(H,31,32). The van der Waals surface area contributed by atoms with E-state index >= 15 is 0 Å². The summed E-state index contributed by atoms with van der Waals surface area (Å²) < 4.78 is 6.02. The highest BCUT2D eigenvalue weighted by Crippen LogP contribution is 2.34. The third kappa shape index (κ3) is 5.94. The van der Waals surface area contributed by atoms with Crippen LogP contribution in [0, 0.1) is 5.92 Å². The maximum absolute atomic E-state index is 12.8. The van der Waals surface area contributed by atoms with Gasteiger partial charge in [0.1, 0.15) is 11.9 Å². The molecule has 8 heteroatoms. The number of fused-ring (bicyclic) bond motifs is 1. The second-order valence-corrected chi connectivity index (χ2v) is 9.03.